The van der Waals surface area contributed by atoms with Crippen LogP contribution in [0.25, 0.3) is 0 Å². The summed E-state index contributed by atoms with van der Waals surface area (Å²) >= 11 is 0. The predicted molar refractivity (Wildman–Crippen MR) is 107 cm³/mol. The molecule has 0 rings (SSSR count). The van der Waals surface area contributed by atoms with E-state index >= 15 is 0 Å². The summed E-state index contributed by atoms with van der Waals surface area (Å²) in [6, 6.07) is 0. The molecule has 0 aromatic carbocycles. The number of rotatable bonds is 18. The number of carboxylic acids is 4. The van der Waals surface area contributed by atoms with Crippen LogP contribution in [-0.4, -0.2) is 44.3 Å². The summed E-state index contributed by atoms with van der Waals surface area (Å²) in [4.78, 5) is 45.9. The second-order valence-corrected chi connectivity index (χ2v) is 7.70. The number of hydrogen-bond donors (Lipinski definition) is 4. The van der Waals surface area contributed by atoms with Crippen LogP contribution >= 0.6 is 0 Å². The van der Waals surface area contributed by atoms with Gasteiger partial charge in [-0.1, -0.05) is 58.8 Å². The third-order valence-electron chi connectivity index (χ3n) is 5.49. The first-order valence-corrected chi connectivity index (χ1v) is 10.6. The molecule has 0 amide bonds. The van der Waals surface area contributed by atoms with E-state index in [-0.39, 0.29) is 12.8 Å². The highest BCUT2D eigenvalue weighted by molar-refractivity contribution is 5.80. The van der Waals surface area contributed by atoms with Crippen LogP contribution in [-0.2, 0) is 19.2 Å². The maximum absolute atomic E-state index is 11.6. The topological polar surface area (TPSA) is 149 Å². The summed E-state index contributed by atoms with van der Waals surface area (Å²) < 4.78 is 0. The van der Waals surface area contributed by atoms with Crippen LogP contribution in [0.2, 0.25) is 0 Å². The molecule has 0 bridgehead atoms. The molecule has 0 fully saturated rings. The molecular weight excluding hydrogens is 380 g/mol. The van der Waals surface area contributed by atoms with Crippen LogP contribution in [0.1, 0.15) is 84.5 Å². The smallest absolute Gasteiger partial charge is 0.307 e. The van der Waals surface area contributed by atoms with Crippen molar-refractivity contribution in [2.75, 3.05) is 0 Å². The second kappa shape index (κ2) is 14.8. The molecule has 0 aliphatic rings. The Kier molecular flexibility index (Phi) is 13.7. The first-order chi connectivity index (χ1) is 13.7. The van der Waals surface area contributed by atoms with Crippen molar-refractivity contribution in [3.8, 4) is 0 Å². The van der Waals surface area contributed by atoms with Gasteiger partial charge in [0.15, 0.2) is 0 Å². The van der Waals surface area contributed by atoms with E-state index in [4.69, 9.17) is 0 Å². The van der Waals surface area contributed by atoms with Gasteiger partial charge in [0.1, 0.15) is 0 Å². The van der Waals surface area contributed by atoms with E-state index in [1.165, 1.54) is 0 Å². The molecular formula is C21H36O8. The summed E-state index contributed by atoms with van der Waals surface area (Å²) in [5.41, 5.74) is 0. The van der Waals surface area contributed by atoms with Crippen LogP contribution < -0.4 is 0 Å². The fraction of sp³-hybridized carbons (Fsp3) is 0.810. The molecule has 0 heterocycles. The normalized spacial score (nSPS) is 15.2. The van der Waals surface area contributed by atoms with Gasteiger partial charge in [-0.3, -0.25) is 19.2 Å². The molecule has 168 valence electrons. The van der Waals surface area contributed by atoms with Crippen molar-refractivity contribution in [2.45, 2.75) is 84.5 Å². The molecule has 4 N–H and O–H groups in total. The molecule has 0 aliphatic heterocycles. The number of carboxylic acid groups (broad SMARTS) is 4. The highest BCUT2D eigenvalue weighted by Crippen LogP contribution is 2.28. The fourth-order valence-corrected chi connectivity index (χ4v) is 3.82. The van der Waals surface area contributed by atoms with E-state index in [9.17, 15) is 39.6 Å². The maximum Gasteiger partial charge on any atom is 0.307 e. The second-order valence-electron chi connectivity index (χ2n) is 7.70. The monoisotopic (exact) mass is 416 g/mol. The van der Waals surface area contributed by atoms with Crippen molar-refractivity contribution in [1.29, 1.82) is 0 Å². The highest BCUT2D eigenvalue weighted by Gasteiger charge is 2.34. The Hall–Kier alpha value is -2.12. The number of unbranched alkanes of at least 4 members (excludes halogenated alkanes) is 4. The van der Waals surface area contributed by atoms with E-state index < -0.39 is 47.5 Å². The zero-order chi connectivity index (χ0) is 22.4. The van der Waals surface area contributed by atoms with Gasteiger partial charge in [0.2, 0.25) is 0 Å². The molecule has 29 heavy (non-hydrogen) atoms. The number of carbonyl (C=O) groups is 4. The maximum atomic E-state index is 11.6. The molecule has 0 aromatic heterocycles. The van der Waals surface area contributed by atoms with Gasteiger partial charge in [-0.05, 0) is 25.7 Å². The van der Waals surface area contributed by atoms with Crippen molar-refractivity contribution in [2.24, 2.45) is 23.7 Å². The van der Waals surface area contributed by atoms with Crippen LogP contribution in [0.3, 0.4) is 0 Å². The average molecular weight is 417 g/mol. The highest BCUT2D eigenvalue weighted by atomic mass is 16.4. The zero-order valence-electron chi connectivity index (χ0n) is 17.5. The van der Waals surface area contributed by atoms with Gasteiger partial charge in [0, 0.05) is 0 Å². The Bertz CT molecular complexity index is 531. The lowest BCUT2D eigenvalue weighted by atomic mass is 9.82. The van der Waals surface area contributed by atoms with E-state index in [0.717, 1.165) is 12.8 Å². The molecule has 0 radical (unpaired) electrons. The number of hydrogen-bond acceptors (Lipinski definition) is 4. The molecule has 0 saturated carbocycles. The predicted octanol–water partition coefficient (Wildman–Crippen LogP) is 4.12. The fourth-order valence-electron chi connectivity index (χ4n) is 3.82. The van der Waals surface area contributed by atoms with Crippen molar-refractivity contribution in [3.63, 3.8) is 0 Å². The first-order valence-electron chi connectivity index (χ1n) is 10.6. The minimum atomic E-state index is -1.13. The van der Waals surface area contributed by atoms with E-state index in [1.54, 1.807) is 6.92 Å². The van der Waals surface area contributed by atoms with E-state index in [1.807, 2.05) is 6.92 Å². The van der Waals surface area contributed by atoms with E-state index in [0.29, 0.717) is 44.9 Å². The molecule has 4 unspecified atom stereocenters. The molecule has 8 nitrogen and oxygen atoms in total. The largest absolute Gasteiger partial charge is 0.481 e. The third kappa shape index (κ3) is 10.3. The first kappa shape index (κ1) is 26.9. The molecule has 0 saturated heterocycles. The summed E-state index contributed by atoms with van der Waals surface area (Å²) in [6.45, 7) is 3.80. The number of aliphatic carboxylic acids is 4. The van der Waals surface area contributed by atoms with Gasteiger partial charge in [0.05, 0.1) is 23.7 Å². The molecule has 0 spiro atoms. The van der Waals surface area contributed by atoms with Gasteiger partial charge in [-0.15, -0.1) is 0 Å². The standard InChI is InChI=1S/C21H36O8/c1-3-5-7-11-16(20(26)27)17(21(28)29)13-9-6-8-12-15(19(24)25)14(10-4-2)18(22)23/h14-17H,3-13H2,1-2H3,(H,22,23)(H,24,25)(H,26,27)(H,28,29). The average Bonchev–Trinajstić information content (AvgIpc) is 2.63. The summed E-state index contributed by atoms with van der Waals surface area (Å²) in [5.74, 6) is -8.24. The zero-order valence-corrected chi connectivity index (χ0v) is 17.5. The van der Waals surface area contributed by atoms with Crippen molar-refractivity contribution in [1.82, 2.24) is 0 Å². The Morgan fingerprint density at radius 2 is 0.793 bits per heavy atom. The van der Waals surface area contributed by atoms with Crippen LogP contribution in [0, 0.1) is 23.7 Å². The van der Waals surface area contributed by atoms with Crippen LogP contribution in [0.15, 0.2) is 0 Å². The lowest BCUT2D eigenvalue weighted by molar-refractivity contribution is -0.154. The lowest BCUT2D eigenvalue weighted by Crippen LogP contribution is -2.30. The lowest BCUT2D eigenvalue weighted by Gasteiger charge is -2.21. The van der Waals surface area contributed by atoms with E-state index in [2.05, 4.69) is 0 Å². The molecule has 4 atom stereocenters. The molecule has 0 aromatic rings. The van der Waals surface area contributed by atoms with Gasteiger partial charge >= 0.3 is 23.9 Å². The van der Waals surface area contributed by atoms with Gasteiger partial charge < -0.3 is 20.4 Å². The van der Waals surface area contributed by atoms with Crippen molar-refractivity contribution in [3.05, 3.63) is 0 Å². The van der Waals surface area contributed by atoms with Crippen LogP contribution in [0.4, 0.5) is 0 Å². The quantitative estimate of drug-likeness (QED) is 0.244. The summed E-state index contributed by atoms with van der Waals surface area (Å²) in [6.07, 6.45) is 5.55. The molecule has 8 heteroatoms. The minimum absolute atomic E-state index is 0.211. The molecule has 0 aliphatic carbocycles. The Morgan fingerprint density at radius 1 is 0.483 bits per heavy atom. The van der Waals surface area contributed by atoms with Gasteiger partial charge in [0.25, 0.3) is 0 Å². The van der Waals surface area contributed by atoms with Crippen LogP contribution in [0.5, 0.6) is 0 Å². The SMILES string of the molecule is CCCCCC(C(=O)O)C(CCCCCC(C(=O)O)C(CCC)C(=O)O)C(=O)O. The Balaban J connectivity index is 4.70. The van der Waals surface area contributed by atoms with Gasteiger partial charge in [-0.25, -0.2) is 0 Å². The summed E-state index contributed by atoms with van der Waals surface area (Å²) in [5, 5.41) is 37.5. The van der Waals surface area contributed by atoms with Crippen molar-refractivity contribution < 1.29 is 39.6 Å². The summed E-state index contributed by atoms with van der Waals surface area (Å²) in [7, 11) is 0. The minimum Gasteiger partial charge on any atom is -0.481 e. The Morgan fingerprint density at radius 3 is 1.07 bits per heavy atom. The van der Waals surface area contributed by atoms with Crippen molar-refractivity contribution >= 4 is 23.9 Å². The third-order valence-corrected chi connectivity index (χ3v) is 5.49. The van der Waals surface area contributed by atoms with Gasteiger partial charge in [-0.2, -0.15) is 0 Å². The Labute approximate surface area is 172 Å².